The highest BCUT2D eigenvalue weighted by Gasteiger charge is 2.02. The van der Waals surface area contributed by atoms with Crippen molar-refractivity contribution in [2.75, 3.05) is 5.73 Å². The maximum atomic E-state index is 5.55. The third-order valence-electron chi connectivity index (χ3n) is 1.50. The lowest BCUT2D eigenvalue weighted by atomic mass is 10.2. The van der Waals surface area contributed by atoms with Crippen molar-refractivity contribution < 1.29 is 4.42 Å². The summed E-state index contributed by atoms with van der Waals surface area (Å²) in [5.41, 5.74) is 8.52. The second kappa shape index (κ2) is 1.77. The van der Waals surface area contributed by atoms with E-state index in [1.807, 2.05) is 18.2 Å². The van der Waals surface area contributed by atoms with E-state index < -0.39 is 0 Å². The first kappa shape index (κ1) is 5.35. The molecule has 1 heterocycles. The van der Waals surface area contributed by atoms with E-state index in [1.54, 1.807) is 12.5 Å². The molecule has 0 aromatic carbocycles. The van der Waals surface area contributed by atoms with E-state index in [2.05, 4.69) is 0 Å². The molecule has 0 spiro atoms. The summed E-state index contributed by atoms with van der Waals surface area (Å²) in [5, 5.41) is 0. The Morgan fingerprint density at radius 1 is 1.20 bits per heavy atom. The molecule has 2 N–H and O–H groups in total. The van der Waals surface area contributed by atoms with Gasteiger partial charge in [-0.2, -0.15) is 0 Å². The highest BCUT2D eigenvalue weighted by molar-refractivity contribution is 5.72. The van der Waals surface area contributed by atoms with Gasteiger partial charge in [-0.25, -0.2) is 0 Å². The summed E-state index contributed by atoms with van der Waals surface area (Å²) in [5.74, 6) is 0. The normalized spacial score (nSPS) is 10.4. The number of fused-ring (bicyclic) bond motifs is 1. The molecule has 10 heavy (non-hydrogen) atoms. The first-order chi connectivity index (χ1) is 4.86. The number of hydrogen-bond acceptors (Lipinski definition) is 2. The molecule has 0 amide bonds. The van der Waals surface area contributed by atoms with Crippen molar-refractivity contribution in [1.29, 1.82) is 0 Å². The van der Waals surface area contributed by atoms with Crippen LogP contribution in [0.1, 0.15) is 0 Å². The number of anilines is 1. The zero-order chi connectivity index (χ0) is 6.97. The topological polar surface area (TPSA) is 39.2 Å². The van der Waals surface area contributed by atoms with E-state index in [4.69, 9.17) is 10.2 Å². The van der Waals surface area contributed by atoms with Crippen molar-refractivity contribution in [3.63, 3.8) is 0 Å². The third kappa shape index (κ3) is 0.658. The van der Waals surface area contributed by atoms with Gasteiger partial charge in [0.15, 0.2) is 0 Å². The van der Waals surface area contributed by atoms with Crippen molar-refractivity contribution in [3.8, 4) is 11.1 Å². The van der Waals surface area contributed by atoms with Crippen LogP contribution in [0.3, 0.4) is 0 Å². The van der Waals surface area contributed by atoms with Crippen LogP contribution in [0, 0.1) is 0 Å². The molecule has 2 rings (SSSR count). The fourth-order valence-electron chi connectivity index (χ4n) is 1.04. The Kier molecular flexibility index (Phi) is 0.947. The largest absolute Gasteiger partial charge is 0.472 e. The second-order valence-corrected chi connectivity index (χ2v) is 2.26. The van der Waals surface area contributed by atoms with Gasteiger partial charge in [0.25, 0.3) is 0 Å². The molecule has 2 heteroatoms. The average Bonchev–Trinajstić information content (AvgIpc) is 2.27. The first-order valence-corrected chi connectivity index (χ1v) is 3.08. The Hall–Kier alpha value is -1.44. The highest BCUT2D eigenvalue weighted by Crippen LogP contribution is 2.26. The third-order valence-corrected chi connectivity index (χ3v) is 1.50. The molecule has 0 unspecified atom stereocenters. The molecule has 2 nitrogen and oxygen atoms in total. The van der Waals surface area contributed by atoms with Crippen LogP contribution >= 0.6 is 0 Å². The van der Waals surface area contributed by atoms with Crippen molar-refractivity contribution >= 4 is 5.69 Å². The van der Waals surface area contributed by atoms with Crippen LogP contribution in [0.15, 0.2) is 35.1 Å². The lowest BCUT2D eigenvalue weighted by Gasteiger charge is -1.91. The molecule has 0 saturated carbocycles. The summed E-state index contributed by atoms with van der Waals surface area (Å²) in [7, 11) is 0. The molecule has 0 fully saturated rings. The SMILES string of the molecule is Nc1cc2ccocc-2c1. The Bertz CT molecular complexity index is 283. The van der Waals surface area contributed by atoms with Gasteiger partial charge in [-0.05, 0) is 23.8 Å². The monoisotopic (exact) mass is 133 g/mol. The molecule has 0 saturated heterocycles. The van der Waals surface area contributed by atoms with Gasteiger partial charge in [0.2, 0.25) is 0 Å². The van der Waals surface area contributed by atoms with Crippen LogP contribution < -0.4 is 5.73 Å². The number of nitrogens with two attached hydrogens (primary N) is 1. The molecule has 1 aliphatic carbocycles. The van der Waals surface area contributed by atoms with Gasteiger partial charge in [-0.15, -0.1) is 0 Å². The number of nitrogen functional groups attached to an aromatic ring is 1. The van der Waals surface area contributed by atoms with Crippen molar-refractivity contribution in [3.05, 3.63) is 30.7 Å². The van der Waals surface area contributed by atoms with Gasteiger partial charge in [0.1, 0.15) is 0 Å². The lowest BCUT2D eigenvalue weighted by molar-refractivity contribution is 0.552. The number of hydrogen-bond donors (Lipinski definition) is 1. The fraction of sp³-hybridized carbons (Fsp3) is 0. The quantitative estimate of drug-likeness (QED) is 0.596. The molecule has 0 bridgehead atoms. The van der Waals surface area contributed by atoms with Gasteiger partial charge in [-0.3, -0.25) is 0 Å². The highest BCUT2D eigenvalue weighted by atomic mass is 16.3. The Morgan fingerprint density at radius 3 is 2.80 bits per heavy atom. The molecular weight excluding hydrogens is 126 g/mol. The minimum Gasteiger partial charge on any atom is -0.472 e. The smallest absolute Gasteiger partial charge is 0.0980 e. The van der Waals surface area contributed by atoms with Crippen LogP contribution in [0.4, 0.5) is 5.69 Å². The van der Waals surface area contributed by atoms with Crippen LogP contribution in [0.5, 0.6) is 0 Å². The van der Waals surface area contributed by atoms with Crippen molar-refractivity contribution in [1.82, 2.24) is 0 Å². The van der Waals surface area contributed by atoms with Crippen molar-refractivity contribution in [2.24, 2.45) is 0 Å². The minimum absolute atomic E-state index is 0.788. The maximum absolute atomic E-state index is 5.55. The summed E-state index contributed by atoms with van der Waals surface area (Å²) < 4.78 is 4.95. The van der Waals surface area contributed by atoms with Gasteiger partial charge >= 0.3 is 0 Å². The first-order valence-electron chi connectivity index (χ1n) is 3.08. The fourth-order valence-corrected chi connectivity index (χ4v) is 1.04. The molecule has 0 radical (unpaired) electrons. The lowest BCUT2D eigenvalue weighted by Crippen LogP contribution is -1.74. The average molecular weight is 133 g/mol. The summed E-state index contributed by atoms with van der Waals surface area (Å²) in [6, 6.07) is 5.70. The Labute approximate surface area is 58.6 Å². The summed E-state index contributed by atoms with van der Waals surface area (Å²) in [6.07, 6.45) is 3.33. The summed E-state index contributed by atoms with van der Waals surface area (Å²) in [6.45, 7) is 0. The Balaban J connectivity index is 2.76. The summed E-state index contributed by atoms with van der Waals surface area (Å²) >= 11 is 0. The van der Waals surface area contributed by atoms with Gasteiger partial charge in [0.05, 0.1) is 12.5 Å². The van der Waals surface area contributed by atoms with E-state index in [0.717, 1.165) is 16.8 Å². The molecule has 0 aromatic heterocycles. The van der Waals surface area contributed by atoms with Crippen LogP contribution in [-0.2, 0) is 0 Å². The molecular formula is C8H7NO. The van der Waals surface area contributed by atoms with Gasteiger partial charge in [-0.1, -0.05) is 0 Å². The number of rotatable bonds is 0. The molecule has 2 aliphatic rings. The van der Waals surface area contributed by atoms with E-state index in [1.165, 1.54) is 0 Å². The summed E-state index contributed by atoms with van der Waals surface area (Å²) in [4.78, 5) is 0. The zero-order valence-electron chi connectivity index (χ0n) is 5.37. The molecule has 1 aliphatic heterocycles. The molecule has 0 atom stereocenters. The predicted molar refractivity (Wildman–Crippen MR) is 39.7 cm³/mol. The zero-order valence-corrected chi connectivity index (χ0v) is 5.37. The standard InChI is InChI=1S/C8H7NO/c9-8-3-6-1-2-10-5-7(6)4-8/h1-5H,9H2. The predicted octanol–water partition coefficient (Wildman–Crippen LogP) is 1.97. The van der Waals surface area contributed by atoms with Crippen LogP contribution in [0.25, 0.3) is 11.1 Å². The van der Waals surface area contributed by atoms with E-state index in [0.29, 0.717) is 0 Å². The van der Waals surface area contributed by atoms with E-state index in [9.17, 15) is 0 Å². The minimum atomic E-state index is 0.788. The van der Waals surface area contributed by atoms with Gasteiger partial charge in [0, 0.05) is 11.3 Å². The Morgan fingerprint density at radius 2 is 2.00 bits per heavy atom. The van der Waals surface area contributed by atoms with Crippen LogP contribution in [-0.4, -0.2) is 0 Å². The molecule has 0 aromatic rings. The van der Waals surface area contributed by atoms with E-state index in [-0.39, 0.29) is 0 Å². The van der Waals surface area contributed by atoms with Crippen LogP contribution in [0.2, 0.25) is 0 Å². The van der Waals surface area contributed by atoms with E-state index >= 15 is 0 Å². The maximum Gasteiger partial charge on any atom is 0.0980 e. The van der Waals surface area contributed by atoms with Gasteiger partial charge < -0.3 is 10.2 Å². The molecule has 50 valence electrons. The van der Waals surface area contributed by atoms with Crippen molar-refractivity contribution in [2.45, 2.75) is 0 Å². The second-order valence-electron chi connectivity index (χ2n) is 2.26.